The lowest BCUT2D eigenvalue weighted by atomic mass is 9.98. The SMILES string of the molecule is N#CCCn1cccc1C(c1ccccc1F)N1CCCCC1. The summed E-state index contributed by atoms with van der Waals surface area (Å²) in [7, 11) is 0. The van der Waals surface area contributed by atoms with Gasteiger partial charge in [0, 0.05) is 24.0 Å². The monoisotopic (exact) mass is 311 g/mol. The molecule has 3 rings (SSSR count). The van der Waals surface area contributed by atoms with E-state index < -0.39 is 0 Å². The topological polar surface area (TPSA) is 32.0 Å². The second-order valence-corrected chi connectivity index (χ2v) is 6.06. The maximum absolute atomic E-state index is 14.5. The van der Waals surface area contributed by atoms with Crippen molar-refractivity contribution >= 4 is 0 Å². The molecule has 1 fully saturated rings. The molecule has 2 heterocycles. The molecule has 3 nitrogen and oxygen atoms in total. The molecule has 1 aliphatic heterocycles. The first-order valence-corrected chi connectivity index (χ1v) is 8.31. The van der Waals surface area contributed by atoms with Crippen LogP contribution in [-0.2, 0) is 6.54 Å². The Hall–Kier alpha value is -2.12. The first-order chi connectivity index (χ1) is 11.3. The first kappa shape index (κ1) is 15.8. The van der Waals surface area contributed by atoms with E-state index in [9.17, 15) is 4.39 Å². The summed E-state index contributed by atoms with van der Waals surface area (Å²) in [5.74, 6) is -0.156. The van der Waals surface area contributed by atoms with Crippen molar-refractivity contribution < 1.29 is 4.39 Å². The highest BCUT2D eigenvalue weighted by molar-refractivity contribution is 5.30. The molecule has 0 radical (unpaired) electrons. The van der Waals surface area contributed by atoms with Crippen molar-refractivity contribution in [2.75, 3.05) is 13.1 Å². The zero-order valence-electron chi connectivity index (χ0n) is 13.3. The van der Waals surface area contributed by atoms with E-state index in [2.05, 4.69) is 21.6 Å². The third-order valence-corrected chi connectivity index (χ3v) is 4.56. The number of halogens is 1. The van der Waals surface area contributed by atoms with Crippen LogP contribution in [0.25, 0.3) is 0 Å². The number of nitriles is 1. The van der Waals surface area contributed by atoms with Gasteiger partial charge in [-0.05, 0) is 44.1 Å². The molecule has 1 aromatic heterocycles. The Labute approximate surface area is 137 Å². The molecule has 4 heteroatoms. The number of piperidine rings is 1. The standard InChI is InChI=1S/C19H22FN3/c20-17-9-3-2-8-16(17)19(23-12-4-1-5-13-23)18-10-6-14-22(18)15-7-11-21/h2-3,6,8-10,14,19H,1,4-5,7,12-13,15H2. The second kappa shape index (κ2) is 7.43. The van der Waals surface area contributed by atoms with E-state index in [1.54, 1.807) is 6.07 Å². The number of nitrogens with zero attached hydrogens (tertiary/aromatic N) is 3. The van der Waals surface area contributed by atoms with Gasteiger partial charge in [-0.2, -0.15) is 5.26 Å². The Morgan fingerprint density at radius 2 is 1.87 bits per heavy atom. The average Bonchev–Trinajstić information content (AvgIpc) is 3.04. The number of aryl methyl sites for hydroxylation is 1. The van der Waals surface area contributed by atoms with Crippen molar-refractivity contribution in [1.82, 2.24) is 9.47 Å². The number of rotatable bonds is 5. The van der Waals surface area contributed by atoms with Gasteiger partial charge in [-0.1, -0.05) is 24.6 Å². The molecule has 0 N–H and O–H groups in total. The van der Waals surface area contributed by atoms with Gasteiger partial charge in [0.05, 0.1) is 18.5 Å². The van der Waals surface area contributed by atoms with Crippen LogP contribution in [0.15, 0.2) is 42.6 Å². The quantitative estimate of drug-likeness (QED) is 0.832. The third-order valence-electron chi connectivity index (χ3n) is 4.56. The number of hydrogen-bond donors (Lipinski definition) is 0. The third kappa shape index (κ3) is 3.46. The Kier molecular flexibility index (Phi) is 5.09. The van der Waals surface area contributed by atoms with E-state index in [-0.39, 0.29) is 11.9 Å². The lowest BCUT2D eigenvalue weighted by Gasteiger charge is -2.35. The molecule has 2 aromatic rings. The highest BCUT2D eigenvalue weighted by Gasteiger charge is 2.28. The number of benzene rings is 1. The molecule has 0 aliphatic carbocycles. The zero-order valence-corrected chi connectivity index (χ0v) is 13.3. The van der Waals surface area contributed by atoms with Crippen molar-refractivity contribution in [3.05, 3.63) is 59.7 Å². The largest absolute Gasteiger partial charge is 0.349 e. The van der Waals surface area contributed by atoms with E-state index in [0.29, 0.717) is 13.0 Å². The fourth-order valence-electron chi connectivity index (χ4n) is 3.47. The molecule has 1 aromatic carbocycles. The van der Waals surface area contributed by atoms with E-state index >= 15 is 0 Å². The summed E-state index contributed by atoms with van der Waals surface area (Å²) in [5, 5.41) is 8.87. The minimum atomic E-state index is -0.156. The molecule has 1 saturated heterocycles. The Balaban J connectivity index is 2.00. The summed E-state index contributed by atoms with van der Waals surface area (Å²) in [4.78, 5) is 2.38. The van der Waals surface area contributed by atoms with E-state index in [1.165, 1.54) is 12.5 Å². The van der Waals surface area contributed by atoms with Crippen LogP contribution in [0.3, 0.4) is 0 Å². The smallest absolute Gasteiger partial charge is 0.128 e. The first-order valence-electron chi connectivity index (χ1n) is 8.31. The van der Waals surface area contributed by atoms with Gasteiger partial charge in [-0.15, -0.1) is 0 Å². The van der Waals surface area contributed by atoms with Crippen LogP contribution in [0.5, 0.6) is 0 Å². The van der Waals surface area contributed by atoms with Crippen LogP contribution in [-0.4, -0.2) is 22.6 Å². The molecule has 1 aliphatic rings. The van der Waals surface area contributed by atoms with Gasteiger partial charge in [0.15, 0.2) is 0 Å². The van der Waals surface area contributed by atoms with Crippen molar-refractivity contribution in [2.45, 2.75) is 38.3 Å². The van der Waals surface area contributed by atoms with Gasteiger partial charge in [0.1, 0.15) is 5.82 Å². The Bertz CT molecular complexity index is 680. The van der Waals surface area contributed by atoms with E-state index in [1.807, 2.05) is 24.4 Å². The van der Waals surface area contributed by atoms with Crippen molar-refractivity contribution in [2.24, 2.45) is 0 Å². The summed E-state index contributed by atoms with van der Waals surface area (Å²) in [6.45, 7) is 2.63. The lowest BCUT2D eigenvalue weighted by Crippen LogP contribution is -2.35. The molecule has 1 atom stereocenters. The molecule has 1 unspecified atom stereocenters. The van der Waals surface area contributed by atoms with Crippen LogP contribution in [0, 0.1) is 17.1 Å². The van der Waals surface area contributed by atoms with E-state index in [4.69, 9.17) is 5.26 Å². The summed E-state index contributed by atoms with van der Waals surface area (Å²) in [6, 6.07) is 13.2. The molecule has 0 amide bonds. The normalized spacial score (nSPS) is 16.9. The predicted molar refractivity (Wildman–Crippen MR) is 88.3 cm³/mol. The van der Waals surface area contributed by atoms with Gasteiger partial charge in [-0.25, -0.2) is 4.39 Å². The highest BCUT2D eigenvalue weighted by atomic mass is 19.1. The Morgan fingerprint density at radius 1 is 1.09 bits per heavy atom. The van der Waals surface area contributed by atoms with Gasteiger partial charge in [0.2, 0.25) is 0 Å². The summed E-state index contributed by atoms with van der Waals surface area (Å²) in [5.41, 5.74) is 1.80. The summed E-state index contributed by atoms with van der Waals surface area (Å²) < 4.78 is 16.6. The molecule has 0 spiro atoms. The van der Waals surface area contributed by atoms with Crippen molar-refractivity contribution in [1.29, 1.82) is 5.26 Å². The number of likely N-dealkylation sites (tertiary alicyclic amines) is 1. The Morgan fingerprint density at radius 3 is 2.61 bits per heavy atom. The highest BCUT2D eigenvalue weighted by Crippen LogP contribution is 2.33. The molecular weight excluding hydrogens is 289 g/mol. The van der Waals surface area contributed by atoms with E-state index in [0.717, 1.165) is 37.2 Å². The van der Waals surface area contributed by atoms with Crippen LogP contribution >= 0.6 is 0 Å². The van der Waals surface area contributed by atoms with Crippen molar-refractivity contribution in [3.63, 3.8) is 0 Å². The molecule has 0 bridgehead atoms. The van der Waals surface area contributed by atoms with Gasteiger partial charge >= 0.3 is 0 Å². The molecule has 0 saturated carbocycles. The fraction of sp³-hybridized carbons (Fsp3) is 0.421. The van der Waals surface area contributed by atoms with Gasteiger partial charge in [-0.3, -0.25) is 4.90 Å². The van der Waals surface area contributed by atoms with Gasteiger partial charge < -0.3 is 4.57 Å². The lowest BCUT2D eigenvalue weighted by molar-refractivity contribution is 0.179. The number of hydrogen-bond acceptors (Lipinski definition) is 2. The van der Waals surface area contributed by atoms with Crippen LogP contribution < -0.4 is 0 Å². The molecular formula is C19H22FN3. The fourth-order valence-corrected chi connectivity index (χ4v) is 3.47. The molecule has 23 heavy (non-hydrogen) atoms. The summed E-state index contributed by atoms with van der Waals surface area (Å²) in [6.07, 6.45) is 6.01. The van der Waals surface area contributed by atoms with Crippen LogP contribution in [0.1, 0.15) is 43.0 Å². The van der Waals surface area contributed by atoms with Crippen LogP contribution in [0.4, 0.5) is 4.39 Å². The zero-order chi connectivity index (χ0) is 16.1. The van der Waals surface area contributed by atoms with Crippen LogP contribution in [0.2, 0.25) is 0 Å². The average molecular weight is 311 g/mol. The molecule has 120 valence electrons. The summed E-state index contributed by atoms with van der Waals surface area (Å²) >= 11 is 0. The minimum Gasteiger partial charge on any atom is -0.349 e. The maximum Gasteiger partial charge on any atom is 0.128 e. The van der Waals surface area contributed by atoms with Crippen molar-refractivity contribution in [3.8, 4) is 6.07 Å². The second-order valence-electron chi connectivity index (χ2n) is 6.06. The number of aromatic nitrogens is 1. The van der Waals surface area contributed by atoms with Gasteiger partial charge in [0.25, 0.3) is 0 Å². The predicted octanol–water partition coefficient (Wildman–Crippen LogP) is 4.12. The maximum atomic E-state index is 14.5. The minimum absolute atomic E-state index is 0.0785.